The highest BCUT2D eigenvalue weighted by atomic mass is 14.6. The second kappa shape index (κ2) is 12.1. The Morgan fingerprint density at radius 1 is 0.500 bits per heavy atom. The van der Waals surface area contributed by atoms with Crippen LogP contribution in [-0.2, 0) is 0 Å². The summed E-state index contributed by atoms with van der Waals surface area (Å²) in [4.78, 5) is 0. The number of hydrogen-bond acceptors (Lipinski definition) is 0. The Morgan fingerprint density at radius 3 is 1.58 bits per heavy atom. The number of fused-ring (bicyclic) bond motifs is 1. The minimum Gasteiger partial charge on any atom is -0.0596 e. The third kappa shape index (κ3) is 5.83. The largest absolute Gasteiger partial charge is 0.0596 e. The van der Waals surface area contributed by atoms with E-state index in [-0.39, 0.29) is 0 Å². The number of hydrogen-bond donors (Lipinski definition) is 0. The Hall–Kier alpha value is 0. The van der Waals surface area contributed by atoms with Crippen molar-refractivity contribution in [3.8, 4) is 0 Å². The van der Waals surface area contributed by atoms with E-state index in [1.54, 1.807) is 25.7 Å². The number of rotatable bonds is 8. The fraction of sp³-hybridized carbons (Fsp3) is 1.00. The summed E-state index contributed by atoms with van der Waals surface area (Å²) in [5.74, 6) is 4.97. The molecule has 220 valence electrons. The van der Waals surface area contributed by atoms with E-state index in [1.807, 2.05) is 0 Å². The molecule has 0 heteroatoms. The Bertz CT molecular complexity index is 729. The van der Waals surface area contributed by atoms with Crippen LogP contribution in [0.25, 0.3) is 0 Å². The molecule has 0 spiro atoms. The molecule has 5 fully saturated rings. The van der Waals surface area contributed by atoms with Crippen LogP contribution in [0.15, 0.2) is 0 Å². The predicted octanol–water partition coefficient (Wildman–Crippen LogP) is 12.5. The summed E-state index contributed by atoms with van der Waals surface area (Å²) in [5, 5.41) is 0. The van der Waals surface area contributed by atoms with Crippen LogP contribution in [0.5, 0.6) is 0 Å². The summed E-state index contributed by atoms with van der Waals surface area (Å²) in [6.45, 7) is 14.1. The van der Waals surface area contributed by atoms with Gasteiger partial charge in [0.1, 0.15) is 0 Å². The molecule has 0 aromatic rings. The molecular weight excluding hydrogens is 456 g/mol. The molecule has 0 saturated heterocycles. The zero-order chi connectivity index (χ0) is 26.9. The zero-order valence-corrected chi connectivity index (χ0v) is 26.9. The first kappa shape index (κ1) is 29.5. The maximum Gasteiger partial charge on any atom is -0.0236 e. The van der Waals surface area contributed by atoms with Crippen molar-refractivity contribution in [1.82, 2.24) is 0 Å². The molecule has 5 unspecified atom stereocenters. The SMILES string of the molecule is CC(C)(CC(C)(CC(C)(C1CCCCC1)C1(C)CCCC2CCCCC21)C1CCCCC1)C1CCCCC1. The van der Waals surface area contributed by atoms with Gasteiger partial charge in [-0.05, 0) is 115 Å². The van der Waals surface area contributed by atoms with Crippen molar-refractivity contribution in [2.75, 3.05) is 0 Å². The first-order valence-corrected chi connectivity index (χ1v) is 18.2. The van der Waals surface area contributed by atoms with Gasteiger partial charge in [-0.15, -0.1) is 0 Å². The van der Waals surface area contributed by atoms with Crippen LogP contribution in [0.4, 0.5) is 0 Å². The normalized spacial score (nSPS) is 36.2. The molecule has 0 bridgehead atoms. The second-order valence-electron chi connectivity index (χ2n) is 17.4. The van der Waals surface area contributed by atoms with E-state index in [1.165, 1.54) is 128 Å². The van der Waals surface area contributed by atoms with E-state index in [0.29, 0.717) is 21.7 Å². The summed E-state index contributed by atoms with van der Waals surface area (Å²) in [6.07, 6.45) is 36.5. The summed E-state index contributed by atoms with van der Waals surface area (Å²) >= 11 is 0. The highest BCUT2D eigenvalue weighted by Crippen LogP contribution is 2.67. The molecular formula is C38H68. The first-order valence-electron chi connectivity index (χ1n) is 18.2. The molecule has 0 amide bonds. The van der Waals surface area contributed by atoms with E-state index in [9.17, 15) is 0 Å². The predicted molar refractivity (Wildman–Crippen MR) is 166 cm³/mol. The van der Waals surface area contributed by atoms with Crippen molar-refractivity contribution in [2.24, 2.45) is 51.2 Å². The molecule has 0 aromatic heterocycles. The van der Waals surface area contributed by atoms with E-state index in [2.05, 4.69) is 34.6 Å². The second-order valence-corrected chi connectivity index (χ2v) is 17.4. The lowest BCUT2D eigenvalue weighted by Gasteiger charge is -2.64. The highest BCUT2D eigenvalue weighted by molar-refractivity contribution is 5.08. The first-order chi connectivity index (χ1) is 18.2. The summed E-state index contributed by atoms with van der Waals surface area (Å²) < 4.78 is 0. The zero-order valence-electron chi connectivity index (χ0n) is 26.9. The molecule has 5 saturated carbocycles. The molecule has 5 atom stereocenters. The molecule has 0 radical (unpaired) electrons. The molecule has 0 nitrogen and oxygen atoms in total. The Kier molecular flexibility index (Phi) is 9.38. The van der Waals surface area contributed by atoms with Gasteiger partial charge in [0, 0.05) is 0 Å². The van der Waals surface area contributed by atoms with Gasteiger partial charge in [-0.25, -0.2) is 0 Å². The third-order valence-electron chi connectivity index (χ3n) is 14.7. The van der Waals surface area contributed by atoms with Crippen molar-refractivity contribution in [1.29, 1.82) is 0 Å². The summed E-state index contributed by atoms with van der Waals surface area (Å²) in [6, 6.07) is 0. The van der Waals surface area contributed by atoms with E-state index in [0.717, 1.165) is 29.6 Å². The average molecular weight is 525 g/mol. The quantitative estimate of drug-likeness (QED) is 0.296. The third-order valence-corrected chi connectivity index (χ3v) is 14.7. The van der Waals surface area contributed by atoms with E-state index in [4.69, 9.17) is 0 Å². The van der Waals surface area contributed by atoms with Crippen LogP contribution in [0, 0.1) is 51.2 Å². The van der Waals surface area contributed by atoms with Crippen LogP contribution < -0.4 is 0 Å². The lowest BCUT2D eigenvalue weighted by molar-refractivity contribution is -0.143. The van der Waals surface area contributed by atoms with Crippen molar-refractivity contribution in [3.05, 3.63) is 0 Å². The van der Waals surface area contributed by atoms with Crippen LogP contribution in [0.2, 0.25) is 0 Å². The summed E-state index contributed by atoms with van der Waals surface area (Å²) in [7, 11) is 0. The van der Waals surface area contributed by atoms with Crippen molar-refractivity contribution >= 4 is 0 Å². The molecule has 38 heavy (non-hydrogen) atoms. The van der Waals surface area contributed by atoms with Crippen LogP contribution in [0.1, 0.15) is 189 Å². The fourth-order valence-corrected chi connectivity index (χ4v) is 12.6. The molecule has 0 aliphatic heterocycles. The van der Waals surface area contributed by atoms with Crippen molar-refractivity contribution < 1.29 is 0 Å². The maximum atomic E-state index is 2.93. The molecule has 5 rings (SSSR count). The van der Waals surface area contributed by atoms with Gasteiger partial charge in [-0.2, -0.15) is 0 Å². The monoisotopic (exact) mass is 525 g/mol. The van der Waals surface area contributed by atoms with Crippen LogP contribution in [-0.4, -0.2) is 0 Å². The van der Waals surface area contributed by atoms with Crippen molar-refractivity contribution in [3.63, 3.8) is 0 Å². The standard InChI is InChI=1S/C38H68/c1-35(2,31-20-9-6-10-21-31)28-36(3,32-22-11-7-12-23-32)29-38(5,33-24-13-8-14-25-33)37(4)27-17-19-30-18-15-16-26-34(30)37/h30-34H,6-29H2,1-5H3. The van der Waals surface area contributed by atoms with Crippen molar-refractivity contribution in [2.45, 2.75) is 189 Å². The molecule has 0 heterocycles. The van der Waals surface area contributed by atoms with Gasteiger partial charge in [-0.3, -0.25) is 0 Å². The van der Waals surface area contributed by atoms with Gasteiger partial charge < -0.3 is 0 Å². The molecule has 5 aliphatic rings. The van der Waals surface area contributed by atoms with Crippen LogP contribution >= 0.6 is 0 Å². The van der Waals surface area contributed by atoms with Gasteiger partial charge in [0.2, 0.25) is 0 Å². The van der Waals surface area contributed by atoms with Gasteiger partial charge in [0.25, 0.3) is 0 Å². The highest BCUT2D eigenvalue weighted by Gasteiger charge is 2.59. The minimum absolute atomic E-state index is 0.501. The van der Waals surface area contributed by atoms with Gasteiger partial charge in [-0.1, -0.05) is 125 Å². The summed E-state index contributed by atoms with van der Waals surface area (Å²) in [5.41, 5.74) is 2.09. The minimum atomic E-state index is 0.501. The van der Waals surface area contributed by atoms with Crippen LogP contribution in [0.3, 0.4) is 0 Å². The smallest absolute Gasteiger partial charge is 0.0236 e. The molecule has 0 aromatic carbocycles. The maximum absolute atomic E-state index is 2.93. The van der Waals surface area contributed by atoms with Gasteiger partial charge >= 0.3 is 0 Å². The molecule has 0 N–H and O–H groups in total. The van der Waals surface area contributed by atoms with Gasteiger partial charge in [0.05, 0.1) is 0 Å². The topological polar surface area (TPSA) is 0 Å². The van der Waals surface area contributed by atoms with E-state index < -0.39 is 0 Å². The van der Waals surface area contributed by atoms with Gasteiger partial charge in [0.15, 0.2) is 0 Å². The Morgan fingerprint density at radius 2 is 0.974 bits per heavy atom. The lowest BCUT2D eigenvalue weighted by Crippen LogP contribution is -2.55. The molecule has 5 aliphatic carbocycles. The lowest BCUT2D eigenvalue weighted by atomic mass is 9.41. The Labute approximate surface area is 239 Å². The Balaban J connectivity index is 1.51. The fourth-order valence-electron chi connectivity index (χ4n) is 12.6. The average Bonchev–Trinajstić information content (AvgIpc) is 2.94. The van der Waals surface area contributed by atoms with E-state index >= 15 is 0 Å².